The Bertz CT molecular complexity index is 417. The highest BCUT2D eigenvalue weighted by Crippen LogP contribution is 2.36. The maximum Gasteiger partial charge on any atom is 0.122 e. The summed E-state index contributed by atoms with van der Waals surface area (Å²) in [5, 5.41) is 10.9. The van der Waals surface area contributed by atoms with Gasteiger partial charge >= 0.3 is 0 Å². The van der Waals surface area contributed by atoms with Gasteiger partial charge < -0.3 is 19.5 Å². The molecule has 0 atom stereocenters. The minimum Gasteiger partial charge on any atom is -0.497 e. The molecular weight excluding hydrogens is 254 g/mol. The number of piperidine rings is 1. The van der Waals surface area contributed by atoms with Crippen molar-refractivity contribution in [2.24, 2.45) is 0 Å². The van der Waals surface area contributed by atoms with Crippen LogP contribution in [0.4, 0.5) is 0 Å². The summed E-state index contributed by atoms with van der Waals surface area (Å²) in [5.74, 6) is 1.45. The first-order valence-corrected chi connectivity index (χ1v) is 7.29. The SMILES string of the molecule is CCCN1CCC(O)(c2cc(OC)cc(OC)c2)CC1. The molecule has 4 nitrogen and oxygen atoms in total. The number of nitrogens with zero attached hydrogens (tertiary/aromatic N) is 1. The molecule has 0 unspecified atom stereocenters. The molecule has 2 rings (SSSR count). The first-order chi connectivity index (χ1) is 9.61. The third-order valence-corrected chi connectivity index (χ3v) is 4.11. The average Bonchev–Trinajstić information content (AvgIpc) is 2.49. The molecule has 0 aromatic heterocycles. The van der Waals surface area contributed by atoms with Gasteiger partial charge in [-0.05, 0) is 43.5 Å². The normalized spacial score (nSPS) is 18.8. The fourth-order valence-electron chi connectivity index (χ4n) is 2.83. The Balaban J connectivity index is 2.18. The van der Waals surface area contributed by atoms with Gasteiger partial charge in [0, 0.05) is 19.2 Å². The first kappa shape index (κ1) is 15.1. The lowest BCUT2D eigenvalue weighted by molar-refractivity contribution is -0.0260. The average molecular weight is 279 g/mol. The molecule has 1 aromatic carbocycles. The Morgan fingerprint density at radius 2 is 1.65 bits per heavy atom. The summed E-state index contributed by atoms with van der Waals surface area (Å²) < 4.78 is 10.6. The smallest absolute Gasteiger partial charge is 0.122 e. The van der Waals surface area contributed by atoms with E-state index in [4.69, 9.17) is 9.47 Å². The van der Waals surface area contributed by atoms with E-state index in [1.165, 1.54) is 0 Å². The predicted octanol–water partition coefficient (Wildman–Crippen LogP) is 2.40. The lowest BCUT2D eigenvalue weighted by atomic mass is 9.84. The summed E-state index contributed by atoms with van der Waals surface area (Å²) >= 11 is 0. The summed E-state index contributed by atoms with van der Waals surface area (Å²) in [6.45, 7) is 5.17. The van der Waals surface area contributed by atoms with Crippen molar-refractivity contribution in [2.45, 2.75) is 31.8 Å². The van der Waals surface area contributed by atoms with Crippen LogP contribution in [0.2, 0.25) is 0 Å². The topological polar surface area (TPSA) is 41.9 Å². The van der Waals surface area contributed by atoms with Gasteiger partial charge in [0.05, 0.1) is 19.8 Å². The van der Waals surface area contributed by atoms with Gasteiger partial charge in [0.15, 0.2) is 0 Å². The number of likely N-dealkylation sites (tertiary alicyclic amines) is 1. The van der Waals surface area contributed by atoms with Crippen molar-refractivity contribution in [1.82, 2.24) is 4.90 Å². The summed E-state index contributed by atoms with van der Waals surface area (Å²) in [4.78, 5) is 2.41. The van der Waals surface area contributed by atoms with E-state index in [1.807, 2.05) is 18.2 Å². The van der Waals surface area contributed by atoms with Crippen LogP contribution < -0.4 is 9.47 Å². The Morgan fingerprint density at radius 3 is 2.10 bits per heavy atom. The quantitative estimate of drug-likeness (QED) is 0.898. The largest absolute Gasteiger partial charge is 0.497 e. The standard InChI is InChI=1S/C16H25NO3/c1-4-7-17-8-5-16(18,6-9-17)13-10-14(19-2)12-15(11-13)20-3/h10-12,18H,4-9H2,1-3H3. The second-order valence-corrected chi connectivity index (χ2v) is 5.47. The minimum atomic E-state index is -0.772. The van der Waals surface area contributed by atoms with Crippen LogP contribution in [0.15, 0.2) is 18.2 Å². The van der Waals surface area contributed by atoms with E-state index in [-0.39, 0.29) is 0 Å². The highest BCUT2D eigenvalue weighted by Gasteiger charge is 2.34. The van der Waals surface area contributed by atoms with Gasteiger partial charge in [-0.2, -0.15) is 0 Å². The van der Waals surface area contributed by atoms with Crippen molar-refractivity contribution in [3.05, 3.63) is 23.8 Å². The van der Waals surface area contributed by atoms with Crippen molar-refractivity contribution in [3.8, 4) is 11.5 Å². The molecule has 0 spiro atoms. The zero-order valence-corrected chi connectivity index (χ0v) is 12.7. The number of hydrogen-bond donors (Lipinski definition) is 1. The molecule has 1 aromatic rings. The number of rotatable bonds is 5. The van der Waals surface area contributed by atoms with Crippen molar-refractivity contribution >= 4 is 0 Å². The third kappa shape index (κ3) is 3.25. The summed E-state index contributed by atoms with van der Waals surface area (Å²) in [6, 6.07) is 5.66. The van der Waals surface area contributed by atoms with Gasteiger partial charge in [-0.1, -0.05) is 6.92 Å². The van der Waals surface area contributed by atoms with E-state index < -0.39 is 5.60 Å². The monoisotopic (exact) mass is 279 g/mol. The Labute approximate surface area is 121 Å². The first-order valence-electron chi connectivity index (χ1n) is 7.29. The molecule has 0 bridgehead atoms. The lowest BCUT2D eigenvalue weighted by Crippen LogP contribution is -2.42. The fourth-order valence-corrected chi connectivity index (χ4v) is 2.83. The molecular formula is C16H25NO3. The number of aliphatic hydroxyl groups is 1. The second kappa shape index (κ2) is 6.46. The Kier molecular flexibility index (Phi) is 4.89. The molecule has 1 heterocycles. The van der Waals surface area contributed by atoms with E-state index in [0.29, 0.717) is 0 Å². The summed E-state index contributed by atoms with van der Waals surface area (Å²) in [6.07, 6.45) is 2.66. The zero-order valence-electron chi connectivity index (χ0n) is 12.7. The Hall–Kier alpha value is -1.26. The predicted molar refractivity (Wildman–Crippen MR) is 79.4 cm³/mol. The van der Waals surface area contributed by atoms with Gasteiger partial charge in [0.25, 0.3) is 0 Å². The molecule has 0 amide bonds. The zero-order chi connectivity index (χ0) is 14.6. The number of methoxy groups -OCH3 is 2. The third-order valence-electron chi connectivity index (χ3n) is 4.11. The van der Waals surface area contributed by atoms with Crippen LogP contribution in [0.25, 0.3) is 0 Å². The summed E-state index contributed by atoms with van der Waals surface area (Å²) in [5.41, 5.74) is 0.122. The number of ether oxygens (including phenoxy) is 2. The van der Waals surface area contributed by atoms with Crippen molar-refractivity contribution in [3.63, 3.8) is 0 Å². The van der Waals surface area contributed by atoms with Crippen LogP contribution >= 0.6 is 0 Å². The fraction of sp³-hybridized carbons (Fsp3) is 0.625. The van der Waals surface area contributed by atoms with E-state index in [2.05, 4.69) is 11.8 Å². The highest BCUT2D eigenvalue weighted by atomic mass is 16.5. The molecule has 0 aliphatic carbocycles. The Morgan fingerprint density at radius 1 is 1.10 bits per heavy atom. The summed E-state index contributed by atoms with van der Waals surface area (Å²) in [7, 11) is 3.26. The van der Waals surface area contributed by atoms with Gasteiger partial charge in [-0.15, -0.1) is 0 Å². The van der Waals surface area contributed by atoms with Crippen LogP contribution in [-0.2, 0) is 5.60 Å². The van der Waals surface area contributed by atoms with E-state index in [9.17, 15) is 5.11 Å². The van der Waals surface area contributed by atoms with Crippen LogP contribution in [0.5, 0.6) is 11.5 Å². The van der Waals surface area contributed by atoms with Gasteiger partial charge in [-0.3, -0.25) is 0 Å². The number of hydrogen-bond acceptors (Lipinski definition) is 4. The van der Waals surface area contributed by atoms with E-state index in [1.54, 1.807) is 14.2 Å². The molecule has 112 valence electrons. The molecule has 0 saturated carbocycles. The molecule has 1 aliphatic heterocycles. The van der Waals surface area contributed by atoms with Crippen molar-refractivity contribution in [2.75, 3.05) is 33.9 Å². The molecule has 0 radical (unpaired) electrons. The van der Waals surface area contributed by atoms with Crippen LogP contribution in [0.1, 0.15) is 31.7 Å². The molecule has 1 fully saturated rings. The highest BCUT2D eigenvalue weighted by molar-refractivity contribution is 5.41. The maximum absolute atomic E-state index is 10.9. The lowest BCUT2D eigenvalue weighted by Gasteiger charge is -2.38. The van der Waals surface area contributed by atoms with E-state index in [0.717, 1.165) is 56.0 Å². The minimum absolute atomic E-state index is 0.726. The molecule has 1 N–H and O–H groups in total. The van der Waals surface area contributed by atoms with Gasteiger partial charge in [0.1, 0.15) is 11.5 Å². The van der Waals surface area contributed by atoms with Crippen molar-refractivity contribution in [1.29, 1.82) is 0 Å². The second-order valence-electron chi connectivity index (χ2n) is 5.47. The van der Waals surface area contributed by atoms with Crippen LogP contribution in [-0.4, -0.2) is 43.9 Å². The van der Waals surface area contributed by atoms with Crippen molar-refractivity contribution < 1.29 is 14.6 Å². The van der Waals surface area contributed by atoms with Crippen LogP contribution in [0, 0.1) is 0 Å². The van der Waals surface area contributed by atoms with Gasteiger partial charge in [0.2, 0.25) is 0 Å². The van der Waals surface area contributed by atoms with Crippen LogP contribution in [0.3, 0.4) is 0 Å². The molecule has 1 aliphatic rings. The molecule has 4 heteroatoms. The molecule has 20 heavy (non-hydrogen) atoms. The maximum atomic E-state index is 10.9. The van der Waals surface area contributed by atoms with E-state index >= 15 is 0 Å². The van der Waals surface area contributed by atoms with Gasteiger partial charge in [-0.25, -0.2) is 0 Å². The molecule has 1 saturated heterocycles. The number of benzene rings is 1.